The number of carboxylic acids is 1. The van der Waals surface area contributed by atoms with Crippen LogP contribution in [-0.4, -0.2) is 81.8 Å². The molecule has 298 valence electrons. The Morgan fingerprint density at radius 3 is 2.19 bits per heavy atom. The Balaban J connectivity index is 1.81. The molecular formula is C40H59N5O8S. The lowest BCUT2D eigenvalue weighted by Crippen LogP contribution is -2.61. The summed E-state index contributed by atoms with van der Waals surface area (Å²) in [7, 11) is 1.69. The summed E-state index contributed by atoms with van der Waals surface area (Å²) >= 11 is 1.16. The molecule has 1 aliphatic rings. The number of amides is 4. The number of rotatable bonds is 20. The minimum atomic E-state index is -0.955. The van der Waals surface area contributed by atoms with Crippen LogP contribution in [-0.2, 0) is 35.1 Å². The van der Waals surface area contributed by atoms with Crippen LogP contribution in [0.25, 0.3) is 0 Å². The van der Waals surface area contributed by atoms with E-state index in [0.29, 0.717) is 37.1 Å². The van der Waals surface area contributed by atoms with Gasteiger partial charge >= 0.3 is 11.9 Å². The van der Waals surface area contributed by atoms with E-state index in [1.807, 2.05) is 65.0 Å². The Bertz CT molecular complexity index is 1610. The predicted molar refractivity (Wildman–Crippen MR) is 206 cm³/mol. The average Bonchev–Trinajstić information content (AvgIpc) is 3.60. The Hall–Kier alpha value is -4.33. The molecule has 0 saturated heterocycles. The monoisotopic (exact) mass is 769 g/mol. The number of hydrogen-bond donors (Lipinski definition) is 4. The van der Waals surface area contributed by atoms with Gasteiger partial charge in [-0.05, 0) is 49.5 Å². The van der Waals surface area contributed by atoms with Crippen molar-refractivity contribution in [3.8, 4) is 0 Å². The molecule has 0 radical (unpaired) electrons. The van der Waals surface area contributed by atoms with Crippen LogP contribution < -0.4 is 16.0 Å². The van der Waals surface area contributed by atoms with E-state index < -0.39 is 53.4 Å². The molecule has 4 N–H and O–H groups in total. The second kappa shape index (κ2) is 19.8. The van der Waals surface area contributed by atoms with E-state index in [-0.39, 0.29) is 54.1 Å². The molecular weight excluding hydrogens is 711 g/mol. The quantitative estimate of drug-likeness (QED) is 0.130. The number of carboxylic acid groups (broad SMARTS) is 1. The van der Waals surface area contributed by atoms with Gasteiger partial charge in [0.25, 0.3) is 5.91 Å². The highest BCUT2D eigenvalue weighted by atomic mass is 32.1. The van der Waals surface area contributed by atoms with Crippen molar-refractivity contribution >= 4 is 46.9 Å². The molecule has 14 heteroatoms. The van der Waals surface area contributed by atoms with E-state index in [4.69, 9.17) is 4.74 Å². The molecule has 0 aliphatic heterocycles. The molecule has 3 rings (SSSR count). The van der Waals surface area contributed by atoms with Gasteiger partial charge < -0.3 is 30.7 Å². The molecule has 1 aliphatic carbocycles. The van der Waals surface area contributed by atoms with Gasteiger partial charge in [0, 0.05) is 50.8 Å². The highest BCUT2D eigenvalue weighted by molar-refractivity contribution is 7.09. The Morgan fingerprint density at radius 2 is 1.65 bits per heavy atom. The van der Waals surface area contributed by atoms with Gasteiger partial charge in [-0.1, -0.05) is 78.3 Å². The normalized spacial score (nSPS) is 19.9. The van der Waals surface area contributed by atoms with Gasteiger partial charge in [0.2, 0.25) is 17.7 Å². The summed E-state index contributed by atoms with van der Waals surface area (Å²) in [4.78, 5) is 83.3. The van der Waals surface area contributed by atoms with E-state index in [1.54, 1.807) is 24.3 Å². The highest BCUT2D eigenvalue weighted by Crippen LogP contribution is 2.44. The molecule has 1 heterocycles. The molecule has 0 bridgehead atoms. The number of ether oxygens (including phenoxy) is 1. The zero-order valence-corrected chi connectivity index (χ0v) is 34.0. The molecule has 6 atom stereocenters. The van der Waals surface area contributed by atoms with Crippen molar-refractivity contribution in [2.45, 2.75) is 131 Å². The van der Waals surface area contributed by atoms with Gasteiger partial charge in [-0.2, -0.15) is 0 Å². The smallest absolute Gasteiger partial charge is 0.306 e. The van der Waals surface area contributed by atoms with Crippen molar-refractivity contribution in [2.75, 3.05) is 7.05 Å². The van der Waals surface area contributed by atoms with Crippen LogP contribution in [0.1, 0.15) is 121 Å². The Labute approximate surface area is 323 Å². The third kappa shape index (κ3) is 11.8. The number of aromatic nitrogens is 1. The molecule has 2 aromatic rings. The van der Waals surface area contributed by atoms with Gasteiger partial charge in [0.15, 0.2) is 6.10 Å². The number of hydrogen-bond acceptors (Lipinski definition) is 9. The zero-order valence-electron chi connectivity index (χ0n) is 33.1. The Kier molecular flexibility index (Phi) is 16.2. The summed E-state index contributed by atoms with van der Waals surface area (Å²) in [5.41, 5.74) is 0.395. The number of esters is 1. The number of aliphatic carboxylic acids is 1. The number of carbonyl (C=O) groups is 6. The lowest BCUT2D eigenvalue weighted by Gasteiger charge is -2.47. The van der Waals surface area contributed by atoms with Crippen LogP contribution in [0.3, 0.4) is 0 Å². The molecule has 4 amide bonds. The lowest BCUT2D eigenvalue weighted by molar-refractivity contribution is -0.150. The first-order valence-electron chi connectivity index (χ1n) is 19.0. The summed E-state index contributed by atoms with van der Waals surface area (Å²) in [5, 5.41) is 20.4. The van der Waals surface area contributed by atoms with Crippen LogP contribution in [0.5, 0.6) is 0 Å². The van der Waals surface area contributed by atoms with Gasteiger partial charge in [-0.15, -0.1) is 11.3 Å². The SMILES string of the molecule is CC[C@H](C)[C@H](NC(=O)C1(CC)CC(NC(C)=O)C1)C(=O)N(C)[C@H](C[C@@H](OC(C)=O)c1nc(C(=O)N[C@@H](Cc2ccccc2)C[C@H](C)C(=O)O)cs1)C(C)C. The first-order chi connectivity index (χ1) is 25.4. The van der Waals surface area contributed by atoms with Crippen molar-refractivity contribution in [2.24, 2.45) is 23.2 Å². The molecule has 54 heavy (non-hydrogen) atoms. The second-order valence-corrected chi connectivity index (χ2v) is 16.2. The number of carbonyl (C=O) groups excluding carboxylic acids is 5. The molecule has 1 fully saturated rings. The lowest BCUT2D eigenvalue weighted by atomic mass is 9.63. The number of likely N-dealkylation sites (N-methyl/N-ethyl adjacent to an activating group) is 1. The minimum Gasteiger partial charge on any atom is -0.481 e. The number of nitrogens with one attached hydrogen (secondary N) is 3. The fourth-order valence-electron chi connectivity index (χ4n) is 7.18. The van der Waals surface area contributed by atoms with Crippen LogP contribution in [0, 0.1) is 23.2 Å². The summed E-state index contributed by atoms with van der Waals surface area (Å²) in [5.74, 6) is -3.53. The van der Waals surface area contributed by atoms with E-state index in [2.05, 4.69) is 20.9 Å². The number of nitrogens with zero attached hydrogens (tertiary/aromatic N) is 2. The molecule has 13 nitrogen and oxygen atoms in total. The average molecular weight is 770 g/mol. The zero-order chi connectivity index (χ0) is 40.3. The largest absolute Gasteiger partial charge is 0.481 e. The fourth-order valence-corrected chi connectivity index (χ4v) is 8.02. The Morgan fingerprint density at radius 1 is 1.00 bits per heavy atom. The molecule has 0 spiro atoms. The first kappa shape index (κ1) is 44.1. The summed E-state index contributed by atoms with van der Waals surface area (Å²) in [6.45, 7) is 14.1. The molecule has 1 aromatic carbocycles. The molecule has 1 aromatic heterocycles. The molecule has 0 unspecified atom stereocenters. The topological polar surface area (TPSA) is 184 Å². The van der Waals surface area contributed by atoms with Gasteiger partial charge in [-0.25, -0.2) is 4.98 Å². The van der Waals surface area contributed by atoms with E-state index in [9.17, 15) is 33.9 Å². The standard InChI is InChI=1S/C40H59N5O8S/c1-10-24(5)34(44-39(52)40(11-2)20-30(21-40)41-26(7)46)37(49)45(9)32(23(3)4)19-33(53-27(8)47)36-43-31(22-54-36)35(48)42-29(17-25(6)38(50)51)18-28-15-13-12-14-16-28/h12-16,22-25,29-30,32-34H,10-11,17-21H2,1-9H3,(H,41,46)(H,42,48)(H,44,52)(H,50,51)/t24-,25-,29+,30?,32+,33+,34-,40?/m0/s1. The molecule has 1 saturated carbocycles. The number of thiazole rings is 1. The number of benzene rings is 1. The van der Waals surface area contributed by atoms with E-state index in [1.165, 1.54) is 13.8 Å². The maximum Gasteiger partial charge on any atom is 0.306 e. The summed E-state index contributed by atoms with van der Waals surface area (Å²) < 4.78 is 5.77. The van der Waals surface area contributed by atoms with Crippen molar-refractivity contribution in [3.63, 3.8) is 0 Å². The van der Waals surface area contributed by atoms with Crippen molar-refractivity contribution in [1.82, 2.24) is 25.8 Å². The van der Waals surface area contributed by atoms with Crippen LogP contribution >= 0.6 is 11.3 Å². The second-order valence-electron chi connectivity index (χ2n) is 15.3. The van der Waals surface area contributed by atoms with E-state index >= 15 is 0 Å². The van der Waals surface area contributed by atoms with Crippen LogP contribution in [0.15, 0.2) is 35.7 Å². The summed E-state index contributed by atoms with van der Waals surface area (Å²) in [6, 6.07) is 7.70. The van der Waals surface area contributed by atoms with Crippen LogP contribution in [0.4, 0.5) is 0 Å². The van der Waals surface area contributed by atoms with Crippen LogP contribution in [0.2, 0.25) is 0 Å². The predicted octanol–water partition coefficient (Wildman–Crippen LogP) is 5.30. The fraction of sp³-hybridized carbons (Fsp3) is 0.625. The van der Waals surface area contributed by atoms with Gasteiger partial charge in [0.05, 0.1) is 11.3 Å². The summed E-state index contributed by atoms with van der Waals surface area (Å²) in [6.07, 6.45) is 2.21. The first-order valence-corrected chi connectivity index (χ1v) is 19.8. The highest BCUT2D eigenvalue weighted by Gasteiger charge is 2.50. The third-order valence-electron chi connectivity index (χ3n) is 10.7. The van der Waals surface area contributed by atoms with Gasteiger partial charge in [-0.3, -0.25) is 28.8 Å². The maximum absolute atomic E-state index is 14.3. The van der Waals surface area contributed by atoms with Gasteiger partial charge in [0.1, 0.15) is 16.7 Å². The van der Waals surface area contributed by atoms with Crippen molar-refractivity contribution < 1.29 is 38.6 Å². The van der Waals surface area contributed by atoms with Crippen molar-refractivity contribution in [3.05, 3.63) is 52.0 Å². The maximum atomic E-state index is 14.3. The minimum absolute atomic E-state index is 0.0778. The van der Waals surface area contributed by atoms with E-state index in [0.717, 1.165) is 16.9 Å². The van der Waals surface area contributed by atoms with Crippen molar-refractivity contribution in [1.29, 1.82) is 0 Å². The third-order valence-corrected chi connectivity index (χ3v) is 11.7.